The maximum absolute atomic E-state index is 5.47. The number of fused-ring (bicyclic) bond motifs is 3. The summed E-state index contributed by atoms with van der Waals surface area (Å²) >= 11 is 0. The Kier molecular flexibility index (Phi) is 11.3. The van der Waals surface area contributed by atoms with Gasteiger partial charge in [-0.05, 0) is 121 Å². The topological polar surface area (TPSA) is 29.3 Å². The molecule has 12 aromatic rings. The van der Waals surface area contributed by atoms with Crippen LogP contribution in [-0.2, 0) is 0 Å². The van der Waals surface area contributed by atoms with Gasteiger partial charge < -0.3 is 9.88 Å². The Morgan fingerprint density at radius 3 is 1.27 bits per heavy atom. The molecule has 1 N–H and O–H groups in total. The summed E-state index contributed by atoms with van der Waals surface area (Å²) in [7, 11) is 0. The number of hydrogen-bond acceptors (Lipinski definition) is 2. The van der Waals surface area contributed by atoms with Crippen molar-refractivity contribution in [1.82, 2.24) is 9.88 Å². The summed E-state index contributed by atoms with van der Waals surface area (Å²) in [5.74, 6) is 0.829. The third kappa shape index (κ3) is 8.54. The van der Waals surface area contributed by atoms with Crippen molar-refractivity contribution in [3.63, 3.8) is 0 Å². The minimum atomic E-state index is -0.144. The van der Waals surface area contributed by atoms with Gasteiger partial charge in [-0.15, -0.1) is 0 Å². The molecule has 0 bridgehead atoms. The standard InChI is InChI=1S/C70H49N3/c1-3-17-48(18-4-1)54-21-13-24-57(43-54)58-25-14-22-55(44-58)50-35-39-52(40-36-50)66-47-67(63-30-8-7-29-62(63)60-27-15-23-56(45-60)49-19-5-2-6-20-49)72-70(71-66)53-41-37-51(38-42-53)59-26-16-28-61(46-59)73-68-33-11-9-31-64(68)65-32-10-12-34-69(65)73/h1-47,66H,(H,71,72). The van der Waals surface area contributed by atoms with E-state index in [-0.39, 0.29) is 6.04 Å². The molecule has 0 saturated heterocycles. The van der Waals surface area contributed by atoms with E-state index in [1.54, 1.807) is 0 Å². The minimum absolute atomic E-state index is 0.144. The number of rotatable bonds is 10. The molecule has 1 aliphatic heterocycles. The summed E-state index contributed by atoms with van der Waals surface area (Å²) < 4.78 is 2.38. The van der Waals surface area contributed by atoms with Crippen LogP contribution < -0.4 is 5.32 Å². The molecule has 13 rings (SSSR count). The molecule has 0 spiro atoms. The predicted molar refractivity (Wildman–Crippen MR) is 307 cm³/mol. The quantitative estimate of drug-likeness (QED) is 0.145. The van der Waals surface area contributed by atoms with Crippen molar-refractivity contribution < 1.29 is 0 Å². The van der Waals surface area contributed by atoms with Gasteiger partial charge >= 0.3 is 0 Å². The zero-order valence-corrected chi connectivity index (χ0v) is 40.1. The molecule has 3 heteroatoms. The van der Waals surface area contributed by atoms with Crippen LogP contribution in [0.5, 0.6) is 0 Å². The normalized spacial score (nSPS) is 13.3. The number of nitrogens with one attached hydrogen (secondary N) is 1. The van der Waals surface area contributed by atoms with Crippen molar-refractivity contribution in [3.8, 4) is 72.4 Å². The van der Waals surface area contributed by atoms with E-state index >= 15 is 0 Å². The smallest absolute Gasteiger partial charge is 0.134 e. The predicted octanol–water partition coefficient (Wildman–Crippen LogP) is 17.9. The van der Waals surface area contributed by atoms with Crippen LogP contribution >= 0.6 is 0 Å². The molecule has 0 saturated carbocycles. The molecular formula is C70H49N3. The highest BCUT2D eigenvalue weighted by atomic mass is 15.0. The fourth-order valence-corrected chi connectivity index (χ4v) is 10.6. The summed E-state index contributed by atoms with van der Waals surface area (Å²) in [5.41, 5.74) is 21.8. The Bertz CT molecular complexity index is 3980. The van der Waals surface area contributed by atoms with Crippen LogP contribution in [0.15, 0.2) is 290 Å². The van der Waals surface area contributed by atoms with Gasteiger partial charge in [0.1, 0.15) is 5.84 Å². The molecule has 2 heterocycles. The van der Waals surface area contributed by atoms with Gasteiger partial charge in [-0.2, -0.15) is 0 Å². The van der Waals surface area contributed by atoms with E-state index in [0.717, 1.165) is 56.2 Å². The molecule has 3 nitrogen and oxygen atoms in total. The number of para-hydroxylation sites is 2. The molecule has 0 radical (unpaired) electrons. The lowest BCUT2D eigenvalue weighted by molar-refractivity contribution is 0.781. The van der Waals surface area contributed by atoms with Crippen LogP contribution in [-0.4, -0.2) is 10.4 Å². The summed E-state index contributed by atoms with van der Waals surface area (Å²) in [5, 5.41) is 6.39. The molecule has 1 atom stereocenters. The minimum Gasteiger partial charge on any atom is -0.359 e. The first kappa shape index (κ1) is 43.5. The third-order valence-electron chi connectivity index (χ3n) is 14.3. The highest BCUT2D eigenvalue weighted by Crippen LogP contribution is 2.38. The molecule has 1 aromatic heterocycles. The van der Waals surface area contributed by atoms with Crippen LogP contribution in [0.4, 0.5) is 0 Å². The molecule has 0 aliphatic carbocycles. The van der Waals surface area contributed by atoms with Crippen LogP contribution in [0, 0.1) is 0 Å². The fourth-order valence-electron chi connectivity index (χ4n) is 10.6. The molecular weight excluding hydrogens is 883 g/mol. The van der Waals surface area contributed by atoms with Crippen LogP contribution in [0.25, 0.3) is 100.0 Å². The van der Waals surface area contributed by atoms with Gasteiger partial charge in [0.15, 0.2) is 0 Å². The molecule has 0 fully saturated rings. The average Bonchev–Trinajstić information content (AvgIpc) is 3.82. The van der Waals surface area contributed by atoms with E-state index in [2.05, 4.69) is 295 Å². The average molecular weight is 932 g/mol. The van der Waals surface area contributed by atoms with E-state index in [4.69, 9.17) is 4.99 Å². The first-order chi connectivity index (χ1) is 36.2. The second-order valence-electron chi connectivity index (χ2n) is 18.8. The van der Waals surface area contributed by atoms with Gasteiger partial charge in [0.25, 0.3) is 0 Å². The largest absolute Gasteiger partial charge is 0.359 e. The maximum atomic E-state index is 5.47. The summed E-state index contributed by atoms with van der Waals surface area (Å²) in [6, 6.07) is 100. The summed E-state index contributed by atoms with van der Waals surface area (Å²) in [6.07, 6.45) is 2.28. The Hall–Kier alpha value is -9.57. The van der Waals surface area contributed by atoms with E-state index < -0.39 is 0 Å². The number of aromatic nitrogens is 1. The van der Waals surface area contributed by atoms with Crippen molar-refractivity contribution in [2.45, 2.75) is 6.04 Å². The van der Waals surface area contributed by atoms with Crippen LogP contribution in [0.3, 0.4) is 0 Å². The Morgan fingerprint density at radius 1 is 0.301 bits per heavy atom. The molecule has 73 heavy (non-hydrogen) atoms. The molecule has 11 aromatic carbocycles. The van der Waals surface area contributed by atoms with Gasteiger partial charge in [0.2, 0.25) is 0 Å². The van der Waals surface area contributed by atoms with Gasteiger partial charge in [0, 0.05) is 27.6 Å². The van der Waals surface area contributed by atoms with Gasteiger partial charge in [0.05, 0.1) is 22.8 Å². The summed E-state index contributed by atoms with van der Waals surface area (Å²) in [6.45, 7) is 0. The first-order valence-corrected chi connectivity index (χ1v) is 25.0. The highest BCUT2D eigenvalue weighted by Gasteiger charge is 2.22. The maximum Gasteiger partial charge on any atom is 0.134 e. The summed E-state index contributed by atoms with van der Waals surface area (Å²) in [4.78, 5) is 5.47. The fraction of sp³-hybridized carbons (Fsp3) is 0.0143. The SMILES string of the molecule is C1=C(c2ccccc2-c2cccc(-c3ccccc3)c2)N=C(c2ccc(-c3cccc(-n4c5ccccc5c5ccccc54)c3)cc2)NC1c1ccc(-c2cccc(-c3cccc(-c4ccccc4)c3)c2)cc1. The molecule has 1 unspecified atom stereocenters. The Labute approximate surface area is 426 Å². The number of aliphatic imine (C=N–C) groups is 1. The van der Waals surface area contributed by atoms with Crippen LogP contribution in [0.2, 0.25) is 0 Å². The Morgan fingerprint density at radius 2 is 0.699 bits per heavy atom. The van der Waals surface area contributed by atoms with E-state index in [1.807, 2.05) is 0 Å². The van der Waals surface area contributed by atoms with Gasteiger partial charge in [-0.3, -0.25) is 0 Å². The number of benzene rings is 11. The van der Waals surface area contributed by atoms with Crippen molar-refractivity contribution in [2.24, 2.45) is 4.99 Å². The van der Waals surface area contributed by atoms with E-state index in [9.17, 15) is 0 Å². The lowest BCUT2D eigenvalue weighted by Gasteiger charge is -2.25. The lowest BCUT2D eigenvalue weighted by atomic mass is 9.92. The second-order valence-corrected chi connectivity index (χ2v) is 18.8. The number of hydrogen-bond donors (Lipinski definition) is 1. The number of amidine groups is 1. The second kappa shape index (κ2) is 19.0. The van der Waals surface area contributed by atoms with Crippen molar-refractivity contribution in [3.05, 3.63) is 302 Å². The molecule has 344 valence electrons. The monoisotopic (exact) mass is 931 g/mol. The highest BCUT2D eigenvalue weighted by molar-refractivity contribution is 6.09. The zero-order valence-electron chi connectivity index (χ0n) is 40.1. The van der Waals surface area contributed by atoms with Gasteiger partial charge in [-0.25, -0.2) is 4.99 Å². The Balaban J connectivity index is 0.848. The first-order valence-electron chi connectivity index (χ1n) is 25.0. The molecule has 1 aliphatic rings. The van der Waals surface area contributed by atoms with Crippen molar-refractivity contribution in [1.29, 1.82) is 0 Å². The van der Waals surface area contributed by atoms with E-state index in [1.165, 1.54) is 66.3 Å². The van der Waals surface area contributed by atoms with Crippen molar-refractivity contribution in [2.75, 3.05) is 0 Å². The lowest BCUT2D eigenvalue weighted by Crippen LogP contribution is -2.31. The third-order valence-corrected chi connectivity index (χ3v) is 14.3. The zero-order chi connectivity index (χ0) is 48.5. The van der Waals surface area contributed by atoms with Crippen LogP contribution in [0.1, 0.15) is 22.7 Å². The van der Waals surface area contributed by atoms with E-state index in [0.29, 0.717) is 0 Å². The number of nitrogens with zero attached hydrogens (tertiary/aromatic N) is 2. The molecule has 0 amide bonds. The van der Waals surface area contributed by atoms with Gasteiger partial charge in [-0.1, -0.05) is 237 Å². The van der Waals surface area contributed by atoms with Crippen molar-refractivity contribution >= 4 is 33.3 Å².